The second-order valence-corrected chi connectivity index (χ2v) is 7.06. The molecule has 0 spiro atoms. The molecule has 0 aromatic carbocycles. The Hall–Kier alpha value is -1.89. The van der Waals surface area contributed by atoms with Gasteiger partial charge in [-0.05, 0) is 32.6 Å². The van der Waals surface area contributed by atoms with Crippen LogP contribution in [-0.4, -0.2) is 33.6 Å². The van der Waals surface area contributed by atoms with E-state index in [0.717, 1.165) is 12.8 Å². The Bertz CT molecular complexity index is 703. The van der Waals surface area contributed by atoms with Gasteiger partial charge >= 0.3 is 5.69 Å². The van der Waals surface area contributed by atoms with Crippen molar-refractivity contribution in [1.29, 1.82) is 0 Å². The number of hydrogen-bond acceptors (Lipinski definition) is 4. The fourth-order valence-corrected chi connectivity index (χ4v) is 3.59. The van der Waals surface area contributed by atoms with E-state index >= 15 is 0 Å². The Balaban J connectivity index is 1.52. The third kappa shape index (κ3) is 3.95. The van der Waals surface area contributed by atoms with Gasteiger partial charge in [0.15, 0.2) is 0 Å². The summed E-state index contributed by atoms with van der Waals surface area (Å²) in [4.78, 5) is 37.5. The zero-order chi connectivity index (χ0) is 17.1. The van der Waals surface area contributed by atoms with Crippen LogP contribution >= 0.6 is 0 Å². The molecule has 2 saturated carbocycles. The summed E-state index contributed by atoms with van der Waals surface area (Å²) >= 11 is 0. The maximum absolute atomic E-state index is 12.2. The van der Waals surface area contributed by atoms with Crippen LogP contribution in [0.3, 0.4) is 0 Å². The van der Waals surface area contributed by atoms with Crippen LogP contribution in [0.5, 0.6) is 0 Å². The van der Waals surface area contributed by atoms with Crippen molar-refractivity contribution in [2.24, 2.45) is 0 Å². The van der Waals surface area contributed by atoms with E-state index in [2.05, 4.69) is 15.6 Å². The van der Waals surface area contributed by atoms with Crippen molar-refractivity contribution >= 4 is 5.91 Å². The number of rotatable bonds is 5. The normalized spacial score (nSPS) is 24.4. The fourth-order valence-electron chi connectivity index (χ4n) is 3.59. The molecule has 3 rings (SSSR count). The van der Waals surface area contributed by atoms with E-state index in [-0.39, 0.29) is 18.5 Å². The summed E-state index contributed by atoms with van der Waals surface area (Å²) in [6, 6.07) is 1.05. The highest BCUT2D eigenvalue weighted by Crippen LogP contribution is 2.24. The molecule has 2 fully saturated rings. The predicted molar refractivity (Wildman–Crippen MR) is 91.0 cm³/mol. The standard InChI is InChI=1S/C17H26N4O3/c1-11-9-21(17(24)20-16(11)23)10-15(22)19-14-8-7-13(14)18-12-5-3-2-4-6-12/h9,12-14,18H,2-8,10H2,1H3,(H,19,22)(H,20,23,24)/t13-,14+/m0/s1. The number of H-pyrrole nitrogens is 1. The highest BCUT2D eigenvalue weighted by atomic mass is 16.2. The molecule has 0 aliphatic heterocycles. The van der Waals surface area contributed by atoms with Crippen molar-refractivity contribution in [1.82, 2.24) is 20.2 Å². The molecule has 0 saturated heterocycles. The summed E-state index contributed by atoms with van der Waals surface area (Å²) in [5.41, 5.74) is -0.540. The number of aromatic amines is 1. The zero-order valence-corrected chi connectivity index (χ0v) is 14.1. The van der Waals surface area contributed by atoms with Crippen LogP contribution < -0.4 is 21.9 Å². The minimum atomic E-state index is -0.550. The second kappa shape index (κ2) is 7.34. The van der Waals surface area contributed by atoms with Gasteiger partial charge in [0.05, 0.1) is 0 Å². The monoisotopic (exact) mass is 334 g/mol. The Morgan fingerprint density at radius 1 is 1.17 bits per heavy atom. The van der Waals surface area contributed by atoms with Crippen LogP contribution in [0.1, 0.15) is 50.5 Å². The lowest BCUT2D eigenvalue weighted by atomic mass is 9.84. The summed E-state index contributed by atoms with van der Waals surface area (Å²) in [6.45, 7) is 1.55. The van der Waals surface area contributed by atoms with E-state index in [1.54, 1.807) is 6.92 Å². The molecule has 2 aliphatic rings. The van der Waals surface area contributed by atoms with Crippen molar-refractivity contribution in [3.63, 3.8) is 0 Å². The van der Waals surface area contributed by atoms with Crippen molar-refractivity contribution in [2.75, 3.05) is 0 Å². The minimum Gasteiger partial charge on any atom is -0.350 e. The van der Waals surface area contributed by atoms with Gasteiger partial charge in [-0.1, -0.05) is 19.3 Å². The van der Waals surface area contributed by atoms with Crippen LogP contribution in [0.25, 0.3) is 0 Å². The lowest BCUT2D eigenvalue weighted by Gasteiger charge is -2.41. The number of nitrogens with one attached hydrogen (secondary N) is 3. The molecule has 1 heterocycles. The van der Waals surface area contributed by atoms with Gasteiger partial charge in [-0.3, -0.25) is 19.1 Å². The van der Waals surface area contributed by atoms with Crippen LogP contribution in [0.15, 0.2) is 15.8 Å². The average molecular weight is 334 g/mol. The first-order valence-corrected chi connectivity index (χ1v) is 8.88. The number of carbonyl (C=O) groups is 1. The fraction of sp³-hybridized carbons (Fsp3) is 0.706. The third-order valence-corrected chi connectivity index (χ3v) is 5.18. The Morgan fingerprint density at radius 3 is 2.54 bits per heavy atom. The maximum atomic E-state index is 12.2. The highest BCUT2D eigenvalue weighted by molar-refractivity contribution is 5.76. The van der Waals surface area contributed by atoms with E-state index in [4.69, 9.17) is 0 Å². The van der Waals surface area contributed by atoms with Gasteiger partial charge < -0.3 is 10.6 Å². The van der Waals surface area contributed by atoms with Gasteiger partial charge in [-0.25, -0.2) is 4.79 Å². The van der Waals surface area contributed by atoms with E-state index in [9.17, 15) is 14.4 Å². The number of aromatic nitrogens is 2. The molecule has 0 bridgehead atoms. The SMILES string of the molecule is Cc1cn(CC(=O)N[C@@H]2CC[C@@H]2NC2CCCCC2)c(=O)[nH]c1=O. The summed E-state index contributed by atoms with van der Waals surface area (Å²) in [5.74, 6) is -0.191. The van der Waals surface area contributed by atoms with E-state index in [1.807, 2.05) is 0 Å². The average Bonchev–Trinajstić information content (AvgIpc) is 2.55. The van der Waals surface area contributed by atoms with Crippen LogP contribution in [0, 0.1) is 6.92 Å². The first kappa shape index (κ1) is 17.0. The summed E-state index contributed by atoms with van der Waals surface area (Å²) < 4.78 is 1.24. The second-order valence-electron chi connectivity index (χ2n) is 7.06. The largest absolute Gasteiger partial charge is 0.350 e. The summed E-state index contributed by atoms with van der Waals surface area (Å²) in [7, 11) is 0. The zero-order valence-electron chi connectivity index (χ0n) is 14.1. The number of hydrogen-bond donors (Lipinski definition) is 3. The number of carbonyl (C=O) groups excluding carboxylic acids is 1. The van der Waals surface area contributed by atoms with Crippen molar-refractivity contribution in [3.05, 3.63) is 32.6 Å². The molecule has 7 heteroatoms. The molecular weight excluding hydrogens is 308 g/mol. The van der Waals surface area contributed by atoms with E-state index in [0.29, 0.717) is 17.6 Å². The summed E-state index contributed by atoms with van der Waals surface area (Å²) in [5, 5.41) is 6.68. The van der Waals surface area contributed by atoms with Crippen LogP contribution in [0.2, 0.25) is 0 Å². The smallest absolute Gasteiger partial charge is 0.328 e. The quantitative estimate of drug-likeness (QED) is 0.727. The first-order chi connectivity index (χ1) is 11.5. The molecule has 2 aliphatic carbocycles. The number of nitrogens with zero attached hydrogens (tertiary/aromatic N) is 1. The van der Waals surface area contributed by atoms with Crippen LogP contribution in [0.4, 0.5) is 0 Å². The van der Waals surface area contributed by atoms with E-state index in [1.165, 1.54) is 42.9 Å². The molecule has 1 amide bonds. The van der Waals surface area contributed by atoms with Gasteiger partial charge in [0.25, 0.3) is 5.56 Å². The molecule has 24 heavy (non-hydrogen) atoms. The topological polar surface area (TPSA) is 96.0 Å². The van der Waals surface area contributed by atoms with Crippen LogP contribution in [-0.2, 0) is 11.3 Å². The minimum absolute atomic E-state index is 0.0664. The van der Waals surface area contributed by atoms with Gasteiger partial charge in [0, 0.05) is 29.9 Å². The molecule has 2 atom stereocenters. The molecule has 1 aromatic heterocycles. The maximum Gasteiger partial charge on any atom is 0.328 e. The molecular formula is C17H26N4O3. The highest BCUT2D eigenvalue weighted by Gasteiger charge is 2.33. The third-order valence-electron chi connectivity index (χ3n) is 5.18. The number of amides is 1. The van der Waals surface area contributed by atoms with Gasteiger partial charge in [0.1, 0.15) is 6.54 Å². The lowest BCUT2D eigenvalue weighted by Crippen LogP contribution is -2.59. The molecule has 132 valence electrons. The Kier molecular flexibility index (Phi) is 5.18. The van der Waals surface area contributed by atoms with E-state index < -0.39 is 11.2 Å². The van der Waals surface area contributed by atoms with Gasteiger partial charge in [0.2, 0.25) is 5.91 Å². The molecule has 7 nitrogen and oxygen atoms in total. The van der Waals surface area contributed by atoms with Crippen molar-refractivity contribution < 1.29 is 4.79 Å². The number of aryl methyl sites for hydroxylation is 1. The molecule has 3 N–H and O–H groups in total. The summed E-state index contributed by atoms with van der Waals surface area (Å²) in [6.07, 6.45) is 9.84. The van der Waals surface area contributed by atoms with Gasteiger partial charge in [-0.15, -0.1) is 0 Å². The Morgan fingerprint density at radius 2 is 1.88 bits per heavy atom. The lowest BCUT2D eigenvalue weighted by molar-refractivity contribution is -0.123. The molecule has 0 radical (unpaired) electrons. The van der Waals surface area contributed by atoms with Crippen molar-refractivity contribution in [3.8, 4) is 0 Å². The first-order valence-electron chi connectivity index (χ1n) is 8.88. The predicted octanol–water partition coefficient (Wildman–Crippen LogP) is 0.415. The Labute approximate surface area is 140 Å². The van der Waals surface area contributed by atoms with Gasteiger partial charge in [-0.2, -0.15) is 0 Å². The molecule has 1 aromatic rings. The molecule has 0 unspecified atom stereocenters. The van der Waals surface area contributed by atoms with Crippen molar-refractivity contribution in [2.45, 2.75) is 76.5 Å².